The van der Waals surface area contributed by atoms with Crippen molar-refractivity contribution >= 4 is 22.7 Å². The van der Waals surface area contributed by atoms with E-state index in [1.54, 1.807) is 0 Å². The number of imidazole rings is 1. The largest absolute Gasteiger partial charge is 0.466 e. The zero-order chi connectivity index (χ0) is 14.5. The van der Waals surface area contributed by atoms with Crippen LogP contribution >= 0.6 is 0 Å². The van der Waals surface area contributed by atoms with Gasteiger partial charge in [0, 0.05) is 25.6 Å². The number of hydrogen-bond donors (Lipinski definition) is 1. The molecular formula is C15H21N3O2. The molecule has 5 nitrogen and oxygen atoms in total. The second kappa shape index (κ2) is 6.41. The van der Waals surface area contributed by atoms with Crippen LogP contribution in [0.3, 0.4) is 0 Å². The molecule has 0 saturated heterocycles. The van der Waals surface area contributed by atoms with Gasteiger partial charge in [-0.3, -0.25) is 4.79 Å². The number of hydrogen-bond acceptors (Lipinski definition) is 4. The van der Waals surface area contributed by atoms with E-state index in [4.69, 9.17) is 10.5 Å². The Kier molecular flexibility index (Phi) is 4.61. The summed E-state index contributed by atoms with van der Waals surface area (Å²) in [4.78, 5) is 15.8. The summed E-state index contributed by atoms with van der Waals surface area (Å²) in [6.45, 7) is 2.27. The molecule has 0 spiro atoms. The number of nitrogen functional groups attached to an aromatic ring is 1. The normalized spacial score (nSPS) is 10.9. The second-order valence-corrected chi connectivity index (χ2v) is 4.85. The molecule has 0 fully saturated rings. The number of fused-ring (bicyclic) bond motifs is 1. The zero-order valence-corrected chi connectivity index (χ0v) is 12.1. The smallest absolute Gasteiger partial charge is 0.305 e. The van der Waals surface area contributed by atoms with Crippen molar-refractivity contribution in [1.29, 1.82) is 0 Å². The molecule has 0 bridgehead atoms. The van der Waals surface area contributed by atoms with Gasteiger partial charge in [0.05, 0.1) is 17.6 Å². The van der Waals surface area contributed by atoms with Gasteiger partial charge in [-0.05, 0) is 38.0 Å². The lowest BCUT2D eigenvalue weighted by atomic mass is 10.2. The first-order valence-corrected chi connectivity index (χ1v) is 6.98. The van der Waals surface area contributed by atoms with Crippen LogP contribution in [0.5, 0.6) is 0 Å². The summed E-state index contributed by atoms with van der Waals surface area (Å²) >= 11 is 0. The number of aryl methyl sites for hydroxylation is 2. The number of nitrogens with zero attached hydrogens (tertiary/aromatic N) is 2. The number of carbonyl (C=O) groups is 1. The van der Waals surface area contributed by atoms with E-state index >= 15 is 0 Å². The standard InChI is InChI=1S/C15H21N3O2/c1-3-20-15(19)7-5-4-6-14-17-12-10-11(16)8-9-13(12)18(14)2/h8-10H,3-7,16H2,1-2H3. The minimum atomic E-state index is -0.120. The highest BCUT2D eigenvalue weighted by Gasteiger charge is 2.08. The quantitative estimate of drug-likeness (QED) is 0.499. The molecule has 108 valence electrons. The number of unbranched alkanes of at least 4 members (excludes halogenated alkanes) is 1. The van der Waals surface area contributed by atoms with Gasteiger partial charge in [0.1, 0.15) is 5.82 Å². The molecule has 0 amide bonds. The molecule has 2 aromatic rings. The topological polar surface area (TPSA) is 70.1 Å². The highest BCUT2D eigenvalue weighted by Crippen LogP contribution is 2.19. The minimum absolute atomic E-state index is 0.120. The Bertz CT molecular complexity index is 604. The lowest BCUT2D eigenvalue weighted by Crippen LogP contribution is -2.04. The van der Waals surface area contributed by atoms with Crippen LogP contribution in [0.15, 0.2) is 18.2 Å². The lowest BCUT2D eigenvalue weighted by Gasteiger charge is -2.03. The number of esters is 1. The number of aromatic nitrogens is 2. The monoisotopic (exact) mass is 275 g/mol. The SMILES string of the molecule is CCOC(=O)CCCCc1nc2cc(N)ccc2n1C. The molecule has 1 aromatic carbocycles. The number of carbonyl (C=O) groups excluding carboxylic acids is 1. The van der Waals surface area contributed by atoms with Crippen molar-refractivity contribution in [1.82, 2.24) is 9.55 Å². The van der Waals surface area contributed by atoms with Crippen LogP contribution in [0.2, 0.25) is 0 Å². The molecule has 0 radical (unpaired) electrons. The Labute approximate surface area is 118 Å². The van der Waals surface area contributed by atoms with Gasteiger partial charge in [0.25, 0.3) is 0 Å². The molecule has 20 heavy (non-hydrogen) atoms. The first-order valence-electron chi connectivity index (χ1n) is 6.98. The van der Waals surface area contributed by atoms with Crippen molar-refractivity contribution in [2.24, 2.45) is 7.05 Å². The first-order chi connectivity index (χ1) is 9.61. The van der Waals surface area contributed by atoms with Gasteiger partial charge in [-0.1, -0.05) is 0 Å². The van der Waals surface area contributed by atoms with Crippen molar-refractivity contribution in [3.8, 4) is 0 Å². The van der Waals surface area contributed by atoms with Gasteiger partial charge in [-0.25, -0.2) is 4.98 Å². The van der Waals surface area contributed by atoms with E-state index in [0.717, 1.165) is 41.8 Å². The fraction of sp³-hybridized carbons (Fsp3) is 0.467. The van der Waals surface area contributed by atoms with E-state index in [2.05, 4.69) is 9.55 Å². The Balaban J connectivity index is 1.93. The Morgan fingerprint density at radius 3 is 2.95 bits per heavy atom. The zero-order valence-electron chi connectivity index (χ0n) is 12.1. The molecule has 2 N–H and O–H groups in total. The van der Waals surface area contributed by atoms with E-state index in [-0.39, 0.29) is 5.97 Å². The highest BCUT2D eigenvalue weighted by molar-refractivity contribution is 5.79. The average Bonchev–Trinajstić information content (AvgIpc) is 2.71. The van der Waals surface area contributed by atoms with E-state index in [9.17, 15) is 4.79 Å². The summed E-state index contributed by atoms with van der Waals surface area (Å²) in [6, 6.07) is 5.76. The number of ether oxygens (including phenoxy) is 1. The summed E-state index contributed by atoms with van der Waals surface area (Å²) in [7, 11) is 2.01. The molecule has 5 heteroatoms. The van der Waals surface area contributed by atoms with Gasteiger partial charge in [-0.2, -0.15) is 0 Å². The van der Waals surface area contributed by atoms with Crippen molar-refractivity contribution in [3.63, 3.8) is 0 Å². The summed E-state index contributed by atoms with van der Waals surface area (Å²) in [5, 5.41) is 0. The third-order valence-electron chi connectivity index (χ3n) is 3.33. The predicted molar refractivity (Wildman–Crippen MR) is 79.3 cm³/mol. The Morgan fingerprint density at radius 2 is 2.20 bits per heavy atom. The van der Waals surface area contributed by atoms with Gasteiger partial charge in [0.2, 0.25) is 0 Å². The van der Waals surface area contributed by atoms with Crippen LogP contribution in [0, 0.1) is 0 Å². The number of rotatable bonds is 6. The predicted octanol–water partition coefficient (Wildman–Crippen LogP) is 2.43. The lowest BCUT2D eigenvalue weighted by molar-refractivity contribution is -0.143. The molecule has 0 aliphatic carbocycles. The van der Waals surface area contributed by atoms with Crippen molar-refractivity contribution < 1.29 is 9.53 Å². The molecule has 0 saturated carbocycles. The van der Waals surface area contributed by atoms with Crippen LogP contribution in [0.4, 0.5) is 5.69 Å². The number of benzene rings is 1. The highest BCUT2D eigenvalue weighted by atomic mass is 16.5. The molecule has 0 aliphatic rings. The third kappa shape index (κ3) is 3.29. The fourth-order valence-corrected chi connectivity index (χ4v) is 2.28. The molecular weight excluding hydrogens is 254 g/mol. The van der Waals surface area contributed by atoms with Crippen LogP contribution in [0.25, 0.3) is 11.0 Å². The summed E-state index contributed by atoms with van der Waals surface area (Å²) in [5.41, 5.74) is 8.50. The molecule has 2 rings (SSSR count). The van der Waals surface area contributed by atoms with Crippen molar-refractivity contribution in [2.75, 3.05) is 12.3 Å². The number of anilines is 1. The third-order valence-corrected chi connectivity index (χ3v) is 3.33. The average molecular weight is 275 g/mol. The van der Waals surface area contributed by atoms with Crippen LogP contribution in [-0.2, 0) is 23.0 Å². The van der Waals surface area contributed by atoms with Gasteiger partial charge in [0.15, 0.2) is 0 Å². The van der Waals surface area contributed by atoms with Crippen molar-refractivity contribution in [3.05, 3.63) is 24.0 Å². The second-order valence-electron chi connectivity index (χ2n) is 4.85. The van der Waals surface area contributed by atoms with Gasteiger partial charge >= 0.3 is 5.97 Å². The van der Waals surface area contributed by atoms with Gasteiger partial charge in [-0.15, -0.1) is 0 Å². The summed E-state index contributed by atoms with van der Waals surface area (Å²) < 4.78 is 6.99. The Hall–Kier alpha value is -2.04. The van der Waals surface area contributed by atoms with Crippen LogP contribution in [0.1, 0.15) is 32.0 Å². The molecule has 0 unspecified atom stereocenters. The van der Waals surface area contributed by atoms with E-state index in [0.29, 0.717) is 13.0 Å². The van der Waals surface area contributed by atoms with Gasteiger partial charge < -0.3 is 15.0 Å². The summed E-state index contributed by atoms with van der Waals surface area (Å²) in [6.07, 6.45) is 3.07. The number of nitrogens with two attached hydrogens (primary N) is 1. The maximum absolute atomic E-state index is 11.2. The summed E-state index contributed by atoms with van der Waals surface area (Å²) in [5.74, 6) is 0.903. The van der Waals surface area contributed by atoms with E-state index in [1.807, 2.05) is 32.2 Å². The maximum Gasteiger partial charge on any atom is 0.305 e. The Morgan fingerprint density at radius 1 is 1.40 bits per heavy atom. The molecule has 1 aromatic heterocycles. The van der Waals surface area contributed by atoms with Crippen LogP contribution < -0.4 is 5.73 Å². The van der Waals surface area contributed by atoms with E-state index in [1.165, 1.54) is 0 Å². The maximum atomic E-state index is 11.2. The first kappa shape index (κ1) is 14.4. The van der Waals surface area contributed by atoms with Crippen molar-refractivity contribution in [2.45, 2.75) is 32.6 Å². The minimum Gasteiger partial charge on any atom is -0.466 e. The van der Waals surface area contributed by atoms with E-state index < -0.39 is 0 Å². The molecule has 0 aliphatic heterocycles. The molecule has 0 atom stereocenters. The molecule has 1 heterocycles. The van der Waals surface area contributed by atoms with Crippen LogP contribution in [-0.4, -0.2) is 22.1 Å². The fourth-order valence-electron chi connectivity index (χ4n) is 2.28.